The first-order valence-electron chi connectivity index (χ1n) is 10.9. The number of urea groups is 1. The lowest BCUT2D eigenvalue weighted by atomic mass is 10.1. The van der Waals surface area contributed by atoms with Gasteiger partial charge in [-0.2, -0.15) is 0 Å². The van der Waals surface area contributed by atoms with Gasteiger partial charge in [0, 0.05) is 4.47 Å². The number of imide groups is 1. The second-order valence-corrected chi connectivity index (χ2v) is 10.0. The minimum Gasteiger partial charge on any atom is -0.495 e. The zero-order chi connectivity index (χ0) is 26.5. The molecule has 0 spiro atoms. The van der Waals surface area contributed by atoms with Crippen LogP contribution in [0, 0.1) is 0 Å². The number of rotatable bonds is 8. The molecule has 4 rings (SSSR count). The second kappa shape index (κ2) is 11.8. The van der Waals surface area contributed by atoms with Gasteiger partial charge in [0.05, 0.1) is 22.3 Å². The lowest BCUT2D eigenvalue weighted by Crippen LogP contribution is -2.38. The molecule has 0 aromatic heterocycles. The summed E-state index contributed by atoms with van der Waals surface area (Å²) in [5.41, 5.74) is 1.96. The van der Waals surface area contributed by atoms with E-state index in [1.165, 1.54) is 13.2 Å². The van der Waals surface area contributed by atoms with Crippen molar-refractivity contribution in [3.05, 3.63) is 91.5 Å². The molecule has 4 amide bonds. The Bertz CT molecular complexity index is 1370. The fraction of sp³-hybridized carbons (Fsp3) is 0.115. The Morgan fingerprint density at radius 1 is 1.11 bits per heavy atom. The summed E-state index contributed by atoms with van der Waals surface area (Å²) in [6, 6.07) is 17.2. The van der Waals surface area contributed by atoms with Gasteiger partial charge in [-0.05, 0) is 69.5 Å². The Labute approximate surface area is 234 Å². The minimum atomic E-state index is -0.703. The van der Waals surface area contributed by atoms with Gasteiger partial charge in [0.1, 0.15) is 24.6 Å². The van der Waals surface area contributed by atoms with Gasteiger partial charge in [0.15, 0.2) is 5.75 Å². The number of carbonyl (C=O) groups excluding carboxylic acids is 3. The van der Waals surface area contributed by atoms with Crippen molar-refractivity contribution in [3.63, 3.8) is 0 Å². The molecule has 1 aliphatic rings. The number of nitrogens with zero attached hydrogens (tertiary/aromatic N) is 1. The van der Waals surface area contributed by atoms with Crippen molar-refractivity contribution in [2.45, 2.75) is 6.61 Å². The number of methoxy groups -OCH3 is 1. The minimum absolute atomic E-state index is 0.0154. The van der Waals surface area contributed by atoms with Gasteiger partial charge in [-0.25, -0.2) is 9.69 Å². The standard InChI is InChI=1S/C26H20Br2ClN3O5/c1-36-22-5-3-2-4-20(22)30-23(33)13-32-25(34)21(31-26(32)35)12-16-10-18(28)24(19(29)11-16)37-14-15-6-8-17(27)9-7-15/h2-12H,13-14H2,1H3,(H,30,33)(H,31,35)/b21-12+. The van der Waals surface area contributed by atoms with Crippen LogP contribution in [0.4, 0.5) is 10.5 Å². The predicted octanol–water partition coefficient (Wildman–Crippen LogP) is 5.98. The zero-order valence-electron chi connectivity index (χ0n) is 19.4. The van der Waals surface area contributed by atoms with Crippen LogP contribution in [0.3, 0.4) is 0 Å². The van der Waals surface area contributed by atoms with Crippen LogP contribution in [0.25, 0.3) is 6.08 Å². The number of halogens is 3. The van der Waals surface area contributed by atoms with Gasteiger partial charge >= 0.3 is 6.03 Å². The maximum absolute atomic E-state index is 12.8. The van der Waals surface area contributed by atoms with Crippen LogP contribution in [0.2, 0.25) is 5.02 Å². The summed E-state index contributed by atoms with van der Waals surface area (Å²) in [6.45, 7) is -0.153. The molecule has 0 unspecified atom stereocenters. The van der Waals surface area contributed by atoms with Crippen molar-refractivity contribution in [1.29, 1.82) is 0 Å². The van der Waals surface area contributed by atoms with Crippen LogP contribution in [-0.2, 0) is 16.2 Å². The molecular formula is C26H20Br2ClN3O5. The quantitative estimate of drug-likeness (QED) is 0.231. The number of hydrogen-bond donors (Lipinski definition) is 2. The molecule has 2 N–H and O–H groups in total. The third-order valence-electron chi connectivity index (χ3n) is 5.27. The summed E-state index contributed by atoms with van der Waals surface area (Å²) < 4.78 is 12.6. The van der Waals surface area contributed by atoms with E-state index in [1.54, 1.807) is 36.4 Å². The molecule has 1 aliphatic heterocycles. The second-order valence-electron chi connectivity index (χ2n) is 7.86. The van der Waals surface area contributed by atoms with Gasteiger partial charge in [-0.1, -0.05) is 51.8 Å². The molecule has 3 aromatic carbocycles. The smallest absolute Gasteiger partial charge is 0.329 e. The molecule has 37 heavy (non-hydrogen) atoms. The molecule has 0 aliphatic carbocycles. The van der Waals surface area contributed by atoms with E-state index in [0.29, 0.717) is 38.9 Å². The van der Waals surface area contributed by atoms with Crippen molar-refractivity contribution in [2.75, 3.05) is 19.0 Å². The highest BCUT2D eigenvalue weighted by molar-refractivity contribution is 9.10. The third-order valence-corrected chi connectivity index (χ3v) is 6.67. The summed E-state index contributed by atoms with van der Waals surface area (Å²) in [7, 11) is 1.48. The van der Waals surface area contributed by atoms with Crippen molar-refractivity contribution in [1.82, 2.24) is 10.2 Å². The molecule has 8 nitrogen and oxygen atoms in total. The summed E-state index contributed by atoms with van der Waals surface area (Å²) in [6.07, 6.45) is 1.48. The van der Waals surface area contributed by atoms with E-state index >= 15 is 0 Å². The topological polar surface area (TPSA) is 97.0 Å². The zero-order valence-corrected chi connectivity index (χ0v) is 23.3. The van der Waals surface area contributed by atoms with Gasteiger partial charge in [0.2, 0.25) is 5.91 Å². The SMILES string of the molecule is COc1ccccc1NC(=O)CN1C(=O)N/C(=C/c2cc(Cl)c(OCc3ccc(Br)cc3)c(Br)c2)C1=O. The molecule has 1 fully saturated rings. The number of carbonyl (C=O) groups is 3. The maximum Gasteiger partial charge on any atom is 0.329 e. The van der Waals surface area contributed by atoms with Crippen LogP contribution >= 0.6 is 43.5 Å². The molecule has 1 saturated heterocycles. The molecule has 3 aromatic rings. The molecule has 11 heteroatoms. The lowest BCUT2D eigenvalue weighted by Gasteiger charge is -2.13. The molecule has 0 saturated carbocycles. The van der Waals surface area contributed by atoms with Crippen molar-refractivity contribution < 1.29 is 23.9 Å². The average Bonchev–Trinajstić information content (AvgIpc) is 3.12. The van der Waals surface area contributed by atoms with E-state index < -0.39 is 24.4 Å². The fourth-order valence-corrected chi connectivity index (χ4v) is 4.75. The number of anilines is 1. The molecule has 1 heterocycles. The Balaban J connectivity index is 1.44. The van der Waals surface area contributed by atoms with Crippen LogP contribution in [0.15, 0.2) is 75.3 Å². The van der Waals surface area contributed by atoms with E-state index in [0.717, 1.165) is 14.9 Å². The Kier molecular flexibility index (Phi) is 8.52. The summed E-state index contributed by atoms with van der Waals surface area (Å²) in [5.74, 6) is -0.279. The number of para-hydroxylation sites is 2. The number of hydrogen-bond acceptors (Lipinski definition) is 5. The number of ether oxygens (including phenoxy) is 2. The third kappa shape index (κ3) is 6.51. The fourth-order valence-electron chi connectivity index (χ4n) is 3.50. The van der Waals surface area contributed by atoms with E-state index in [-0.39, 0.29) is 5.70 Å². The highest BCUT2D eigenvalue weighted by Crippen LogP contribution is 2.36. The molecule has 0 atom stereocenters. The normalized spacial score (nSPS) is 14.1. The first kappa shape index (κ1) is 26.7. The molecule has 190 valence electrons. The van der Waals surface area contributed by atoms with Gasteiger partial charge in [-0.15, -0.1) is 0 Å². The number of amides is 4. The van der Waals surface area contributed by atoms with Crippen LogP contribution in [0.1, 0.15) is 11.1 Å². The highest BCUT2D eigenvalue weighted by Gasteiger charge is 2.35. The predicted molar refractivity (Wildman–Crippen MR) is 147 cm³/mol. The van der Waals surface area contributed by atoms with E-state index in [2.05, 4.69) is 42.5 Å². The van der Waals surface area contributed by atoms with Crippen LogP contribution in [-0.4, -0.2) is 36.4 Å². The highest BCUT2D eigenvalue weighted by atomic mass is 79.9. The summed E-state index contributed by atoms with van der Waals surface area (Å²) >= 11 is 13.3. The summed E-state index contributed by atoms with van der Waals surface area (Å²) in [4.78, 5) is 38.6. The molecular weight excluding hydrogens is 630 g/mol. The first-order chi connectivity index (χ1) is 17.7. The number of benzene rings is 3. The van der Waals surface area contributed by atoms with Crippen molar-refractivity contribution >= 4 is 73.1 Å². The Hall–Kier alpha value is -3.34. The van der Waals surface area contributed by atoms with E-state index in [9.17, 15) is 14.4 Å². The van der Waals surface area contributed by atoms with E-state index in [4.69, 9.17) is 21.1 Å². The molecule has 0 bridgehead atoms. The van der Waals surface area contributed by atoms with Crippen molar-refractivity contribution in [3.8, 4) is 11.5 Å². The van der Waals surface area contributed by atoms with E-state index in [1.807, 2.05) is 24.3 Å². The van der Waals surface area contributed by atoms with Crippen molar-refractivity contribution in [2.24, 2.45) is 0 Å². The van der Waals surface area contributed by atoms with Crippen LogP contribution in [0.5, 0.6) is 11.5 Å². The maximum atomic E-state index is 12.8. The Morgan fingerprint density at radius 3 is 2.54 bits per heavy atom. The molecule has 0 radical (unpaired) electrons. The van der Waals surface area contributed by atoms with Gasteiger partial charge < -0.3 is 20.1 Å². The Morgan fingerprint density at radius 2 is 1.84 bits per heavy atom. The number of nitrogens with one attached hydrogen (secondary N) is 2. The van der Waals surface area contributed by atoms with Crippen LogP contribution < -0.4 is 20.1 Å². The summed E-state index contributed by atoms with van der Waals surface area (Å²) in [5, 5.41) is 5.47. The largest absolute Gasteiger partial charge is 0.495 e. The monoisotopic (exact) mass is 647 g/mol. The first-order valence-corrected chi connectivity index (χ1v) is 12.8. The average molecular weight is 650 g/mol. The lowest BCUT2D eigenvalue weighted by molar-refractivity contribution is -0.127. The van der Waals surface area contributed by atoms with Gasteiger partial charge in [0.25, 0.3) is 5.91 Å². The van der Waals surface area contributed by atoms with Gasteiger partial charge in [-0.3, -0.25) is 9.59 Å².